The number of hydrogen-bond acceptors (Lipinski definition) is 4. The molecular formula is C12H11N5. The average molecular weight is 225 g/mol. The molecule has 0 amide bonds. The molecule has 2 heterocycles. The van der Waals surface area contributed by atoms with E-state index in [2.05, 4.69) is 38.7 Å². The highest BCUT2D eigenvalue weighted by atomic mass is 15.5. The summed E-state index contributed by atoms with van der Waals surface area (Å²) in [5.74, 6) is 0.771. The lowest BCUT2D eigenvalue weighted by atomic mass is 10.1. The van der Waals surface area contributed by atoms with E-state index in [0.29, 0.717) is 0 Å². The minimum atomic E-state index is 0.771. The Morgan fingerprint density at radius 2 is 2.00 bits per heavy atom. The molecule has 0 radical (unpaired) electrons. The lowest BCUT2D eigenvalue weighted by Gasteiger charge is -2.07. The number of nitrogens with zero attached hydrogens (tertiary/aromatic N) is 5. The van der Waals surface area contributed by atoms with Crippen molar-refractivity contribution >= 4 is 5.57 Å². The Morgan fingerprint density at radius 1 is 1.12 bits per heavy atom. The number of hydrogen-bond donors (Lipinski definition) is 0. The number of rotatable bonds is 2. The SMILES string of the molecule is C1=CC(c2nnnn2-c2ccncc2)=CCC1. The Labute approximate surface area is 98.5 Å². The Morgan fingerprint density at radius 3 is 2.76 bits per heavy atom. The van der Waals surface area contributed by atoms with E-state index >= 15 is 0 Å². The molecule has 5 nitrogen and oxygen atoms in total. The molecule has 0 unspecified atom stereocenters. The number of aromatic nitrogens is 5. The summed E-state index contributed by atoms with van der Waals surface area (Å²) >= 11 is 0. The summed E-state index contributed by atoms with van der Waals surface area (Å²) in [5.41, 5.74) is 1.98. The fourth-order valence-electron chi connectivity index (χ4n) is 1.81. The smallest absolute Gasteiger partial charge is 0.186 e. The zero-order chi connectivity index (χ0) is 11.5. The number of pyridine rings is 1. The van der Waals surface area contributed by atoms with Gasteiger partial charge >= 0.3 is 0 Å². The van der Waals surface area contributed by atoms with Crippen molar-refractivity contribution in [3.8, 4) is 5.69 Å². The zero-order valence-corrected chi connectivity index (χ0v) is 9.19. The van der Waals surface area contributed by atoms with Gasteiger partial charge in [-0.2, -0.15) is 4.68 Å². The molecule has 0 bridgehead atoms. The second kappa shape index (κ2) is 4.29. The summed E-state index contributed by atoms with van der Waals surface area (Å²) < 4.78 is 1.73. The molecule has 17 heavy (non-hydrogen) atoms. The van der Waals surface area contributed by atoms with Crippen molar-refractivity contribution in [1.82, 2.24) is 25.2 Å². The predicted octanol–water partition coefficient (Wildman–Crippen LogP) is 1.79. The van der Waals surface area contributed by atoms with Gasteiger partial charge in [0.1, 0.15) is 0 Å². The first-order valence-corrected chi connectivity index (χ1v) is 5.51. The van der Waals surface area contributed by atoms with E-state index in [-0.39, 0.29) is 0 Å². The van der Waals surface area contributed by atoms with Gasteiger partial charge in [-0.15, -0.1) is 5.10 Å². The van der Waals surface area contributed by atoms with Gasteiger partial charge in [-0.05, 0) is 35.4 Å². The lowest BCUT2D eigenvalue weighted by Crippen LogP contribution is -2.02. The van der Waals surface area contributed by atoms with Gasteiger partial charge < -0.3 is 0 Å². The van der Waals surface area contributed by atoms with Crippen molar-refractivity contribution in [2.24, 2.45) is 0 Å². The maximum Gasteiger partial charge on any atom is 0.186 e. The maximum atomic E-state index is 4.08. The zero-order valence-electron chi connectivity index (χ0n) is 9.19. The number of allylic oxidation sites excluding steroid dienone is 4. The van der Waals surface area contributed by atoms with Crippen molar-refractivity contribution in [1.29, 1.82) is 0 Å². The fraction of sp³-hybridized carbons (Fsp3) is 0.167. The van der Waals surface area contributed by atoms with Crippen LogP contribution in [-0.4, -0.2) is 25.2 Å². The monoisotopic (exact) mass is 225 g/mol. The summed E-state index contributed by atoms with van der Waals surface area (Å²) in [6, 6.07) is 3.76. The molecule has 0 N–H and O–H groups in total. The molecule has 0 spiro atoms. The van der Waals surface area contributed by atoms with Gasteiger partial charge in [-0.3, -0.25) is 4.98 Å². The second-order valence-electron chi connectivity index (χ2n) is 3.76. The van der Waals surface area contributed by atoms with Crippen LogP contribution in [0.3, 0.4) is 0 Å². The first-order chi connectivity index (χ1) is 8.45. The second-order valence-corrected chi connectivity index (χ2v) is 3.76. The molecule has 84 valence electrons. The highest BCUT2D eigenvalue weighted by molar-refractivity contribution is 5.71. The molecule has 0 aromatic carbocycles. The minimum absolute atomic E-state index is 0.771. The molecule has 3 rings (SSSR count). The van der Waals surface area contributed by atoms with Gasteiger partial charge in [0.15, 0.2) is 5.82 Å². The van der Waals surface area contributed by atoms with Crippen LogP contribution in [-0.2, 0) is 0 Å². The van der Waals surface area contributed by atoms with Crippen molar-refractivity contribution < 1.29 is 0 Å². The minimum Gasteiger partial charge on any atom is -0.265 e. The molecule has 5 heteroatoms. The summed E-state index contributed by atoms with van der Waals surface area (Å²) in [6.07, 6.45) is 11.9. The van der Waals surface area contributed by atoms with Gasteiger partial charge in [0.25, 0.3) is 0 Å². The van der Waals surface area contributed by atoms with Crippen molar-refractivity contribution in [2.45, 2.75) is 12.8 Å². The molecule has 0 fully saturated rings. The topological polar surface area (TPSA) is 56.5 Å². The molecule has 1 aliphatic rings. The van der Waals surface area contributed by atoms with Gasteiger partial charge in [-0.1, -0.05) is 18.2 Å². The van der Waals surface area contributed by atoms with Crippen molar-refractivity contribution in [2.75, 3.05) is 0 Å². The van der Waals surface area contributed by atoms with Crippen LogP contribution in [0.15, 0.2) is 42.8 Å². The molecule has 0 aliphatic heterocycles. The first-order valence-electron chi connectivity index (χ1n) is 5.51. The fourth-order valence-corrected chi connectivity index (χ4v) is 1.81. The maximum absolute atomic E-state index is 4.08. The molecule has 0 atom stereocenters. The van der Waals surface area contributed by atoms with Gasteiger partial charge in [0, 0.05) is 18.0 Å². The molecular weight excluding hydrogens is 214 g/mol. The third-order valence-corrected chi connectivity index (χ3v) is 2.63. The van der Waals surface area contributed by atoms with E-state index in [4.69, 9.17) is 0 Å². The Balaban J connectivity index is 2.06. The summed E-state index contributed by atoms with van der Waals surface area (Å²) in [4.78, 5) is 3.99. The van der Waals surface area contributed by atoms with Gasteiger partial charge in [-0.25, -0.2) is 0 Å². The highest BCUT2D eigenvalue weighted by Gasteiger charge is 2.12. The van der Waals surface area contributed by atoms with E-state index in [1.807, 2.05) is 12.1 Å². The molecule has 2 aromatic heterocycles. The molecule has 1 aliphatic carbocycles. The quantitative estimate of drug-likeness (QED) is 0.781. The highest BCUT2D eigenvalue weighted by Crippen LogP contribution is 2.20. The first kappa shape index (κ1) is 9.89. The van der Waals surface area contributed by atoms with Gasteiger partial charge in [0.05, 0.1) is 5.69 Å². The Hall–Kier alpha value is -2.30. The van der Waals surface area contributed by atoms with E-state index in [1.165, 1.54) is 0 Å². The lowest BCUT2D eigenvalue weighted by molar-refractivity contribution is 0.784. The normalized spacial score (nSPS) is 14.7. The largest absolute Gasteiger partial charge is 0.265 e. The molecule has 0 saturated carbocycles. The van der Waals surface area contributed by atoms with Crippen LogP contribution in [0, 0.1) is 0 Å². The Bertz CT molecular complexity index is 568. The average Bonchev–Trinajstić information content (AvgIpc) is 2.90. The van der Waals surface area contributed by atoms with Crippen molar-refractivity contribution in [3.63, 3.8) is 0 Å². The summed E-state index contributed by atoms with van der Waals surface area (Å²) in [5, 5.41) is 11.8. The van der Waals surface area contributed by atoms with Gasteiger partial charge in [0.2, 0.25) is 0 Å². The number of tetrazole rings is 1. The summed E-state index contributed by atoms with van der Waals surface area (Å²) in [7, 11) is 0. The molecule has 2 aromatic rings. The van der Waals surface area contributed by atoms with E-state index in [0.717, 1.165) is 29.9 Å². The van der Waals surface area contributed by atoms with Crippen LogP contribution >= 0.6 is 0 Å². The Kier molecular flexibility index (Phi) is 2.50. The van der Waals surface area contributed by atoms with Crippen LogP contribution in [0.1, 0.15) is 18.7 Å². The predicted molar refractivity (Wildman–Crippen MR) is 63.3 cm³/mol. The van der Waals surface area contributed by atoms with E-state index in [9.17, 15) is 0 Å². The van der Waals surface area contributed by atoms with Crippen LogP contribution in [0.2, 0.25) is 0 Å². The third kappa shape index (κ3) is 1.87. The van der Waals surface area contributed by atoms with E-state index < -0.39 is 0 Å². The van der Waals surface area contributed by atoms with Crippen LogP contribution in [0.4, 0.5) is 0 Å². The van der Waals surface area contributed by atoms with Crippen molar-refractivity contribution in [3.05, 3.63) is 48.6 Å². The summed E-state index contributed by atoms with van der Waals surface area (Å²) in [6.45, 7) is 0. The van der Waals surface area contributed by atoms with Crippen LogP contribution < -0.4 is 0 Å². The standard InChI is InChI=1S/C12H11N5/c1-2-4-10(5-3-1)12-14-15-16-17(12)11-6-8-13-9-7-11/h2,4-9H,1,3H2. The van der Waals surface area contributed by atoms with Crippen LogP contribution in [0.25, 0.3) is 11.3 Å². The van der Waals surface area contributed by atoms with E-state index in [1.54, 1.807) is 17.1 Å². The van der Waals surface area contributed by atoms with Crippen LogP contribution in [0.5, 0.6) is 0 Å². The third-order valence-electron chi connectivity index (χ3n) is 2.63. The molecule has 0 saturated heterocycles.